The van der Waals surface area contributed by atoms with E-state index in [2.05, 4.69) is 10.9 Å². The van der Waals surface area contributed by atoms with Crippen LogP contribution in [-0.4, -0.2) is 35.0 Å². The zero-order valence-corrected chi connectivity index (χ0v) is 8.48. The Hall–Kier alpha value is -0.750. The van der Waals surface area contributed by atoms with Crippen molar-refractivity contribution in [1.29, 1.82) is 0 Å². The lowest BCUT2D eigenvalue weighted by molar-refractivity contribution is -0.140. The molecule has 0 aromatic heterocycles. The third-order valence-electron chi connectivity index (χ3n) is 1.33. The quantitative estimate of drug-likeness (QED) is 0.526. The summed E-state index contributed by atoms with van der Waals surface area (Å²) in [6.45, 7) is 1.32. The molecule has 3 N–H and O–H groups in total. The summed E-state index contributed by atoms with van der Waals surface area (Å²) in [6, 6.07) is -0.712. The van der Waals surface area contributed by atoms with Crippen molar-refractivity contribution in [2.24, 2.45) is 0 Å². The van der Waals surface area contributed by atoms with Crippen molar-refractivity contribution in [3.63, 3.8) is 0 Å². The Morgan fingerprint density at radius 1 is 1.54 bits per heavy atom. The molecule has 0 aliphatic heterocycles. The molecule has 0 heterocycles. The van der Waals surface area contributed by atoms with Gasteiger partial charge in [-0.3, -0.25) is 15.0 Å². The standard InChI is InChI=1S/C7H14N2O3S/c1-5(10)8-9-6(7(11)12)3-4-13-2/h6,9H,3-4H2,1-2H3,(H,8,10)(H,11,12)/t6-/m0/s1. The second-order valence-corrected chi connectivity index (χ2v) is 3.48. The van der Waals surface area contributed by atoms with Gasteiger partial charge in [0.1, 0.15) is 6.04 Å². The highest BCUT2D eigenvalue weighted by Crippen LogP contribution is 1.99. The van der Waals surface area contributed by atoms with Gasteiger partial charge in [-0.1, -0.05) is 0 Å². The van der Waals surface area contributed by atoms with Gasteiger partial charge in [-0.2, -0.15) is 11.8 Å². The molecule has 0 saturated carbocycles. The minimum absolute atomic E-state index is 0.296. The number of nitrogens with one attached hydrogen (secondary N) is 2. The summed E-state index contributed by atoms with van der Waals surface area (Å²) in [5, 5.41) is 8.69. The van der Waals surface area contributed by atoms with Crippen LogP contribution < -0.4 is 10.9 Å². The number of carbonyl (C=O) groups excluding carboxylic acids is 1. The Labute approximate surface area is 81.2 Å². The number of hydrazine groups is 1. The molecule has 0 aromatic rings. The Morgan fingerprint density at radius 3 is 2.54 bits per heavy atom. The second kappa shape index (κ2) is 6.73. The molecule has 6 heteroatoms. The van der Waals surface area contributed by atoms with Gasteiger partial charge in [-0.15, -0.1) is 0 Å². The Balaban J connectivity index is 3.80. The van der Waals surface area contributed by atoms with E-state index >= 15 is 0 Å². The van der Waals surface area contributed by atoms with E-state index in [1.54, 1.807) is 11.8 Å². The Bertz CT molecular complexity index is 187. The van der Waals surface area contributed by atoms with Crippen LogP contribution in [0.4, 0.5) is 0 Å². The average Bonchev–Trinajstić information content (AvgIpc) is 2.03. The number of carboxylic acid groups (broad SMARTS) is 1. The fraction of sp³-hybridized carbons (Fsp3) is 0.714. The van der Waals surface area contributed by atoms with Gasteiger partial charge in [0.2, 0.25) is 5.91 Å². The highest BCUT2D eigenvalue weighted by molar-refractivity contribution is 7.98. The summed E-state index contributed by atoms with van der Waals surface area (Å²) in [7, 11) is 0. The van der Waals surface area contributed by atoms with E-state index in [4.69, 9.17) is 5.11 Å². The van der Waals surface area contributed by atoms with Gasteiger partial charge in [0.05, 0.1) is 0 Å². The number of hydrogen-bond acceptors (Lipinski definition) is 4. The van der Waals surface area contributed by atoms with Crippen molar-refractivity contribution < 1.29 is 14.7 Å². The molecule has 0 radical (unpaired) electrons. The molecule has 0 aliphatic rings. The minimum Gasteiger partial charge on any atom is -0.480 e. The van der Waals surface area contributed by atoms with Gasteiger partial charge in [0.15, 0.2) is 0 Å². The van der Waals surface area contributed by atoms with E-state index < -0.39 is 12.0 Å². The summed E-state index contributed by atoms with van der Waals surface area (Å²) >= 11 is 1.57. The SMILES string of the molecule is CSCC[C@H](NNC(C)=O)C(=O)O. The molecule has 13 heavy (non-hydrogen) atoms. The molecule has 1 amide bonds. The Morgan fingerprint density at radius 2 is 2.15 bits per heavy atom. The summed E-state index contributed by atoms with van der Waals surface area (Å²) in [4.78, 5) is 21.1. The normalized spacial score (nSPS) is 12.2. The minimum atomic E-state index is -0.956. The second-order valence-electron chi connectivity index (χ2n) is 2.50. The van der Waals surface area contributed by atoms with Crippen molar-refractivity contribution in [2.75, 3.05) is 12.0 Å². The predicted molar refractivity (Wildman–Crippen MR) is 51.4 cm³/mol. The highest BCUT2D eigenvalue weighted by Gasteiger charge is 2.15. The van der Waals surface area contributed by atoms with Crippen LogP contribution in [0.1, 0.15) is 13.3 Å². The number of rotatable bonds is 6. The van der Waals surface area contributed by atoms with Crippen molar-refractivity contribution in [3.05, 3.63) is 0 Å². The van der Waals surface area contributed by atoms with Gasteiger partial charge in [-0.05, 0) is 18.4 Å². The van der Waals surface area contributed by atoms with E-state index in [1.165, 1.54) is 6.92 Å². The molecule has 0 aromatic carbocycles. The third-order valence-corrected chi connectivity index (χ3v) is 1.98. The lowest BCUT2D eigenvalue weighted by Crippen LogP contribution is -2.47. The summed E-state index contributed by atoms with van der Waals surface area (Å²) in [6.07, 6.45) is 2.38. The van der Waals surface area contributed by atoms with Crippen LogP contribution in [0.25, 0.3) is 0 Å². The van der Waals surface area contributed by atoms with E-state index in [1.807, 2.05) is 6.26 Å². The maximum Gasteiger partial charge on any atom is 0.322 e. The monoisotopic (exact) mass is 206 g/mol. The predicted octanol–water partition coefficient (Wildman–Crippen LogP) is -0.167. The molecule has 5 nitrogen and oxygen atoms in total. The van der Waals surface area contributed by atoms with Crippen LogP contribution in [0.5, 0.6) is 0 Å². The number of hydrogen-bond donors (Lipinski definition) is 3. The lowest BCUT2D eigenvalue weighted by atomic mass is 10.2. The number of aliphatic carboxylic acids is 1. The molecule has 0 spiro atoms. The van der Waals surface area contributed by atoms with Crippen molar-refractivity contribution in [1.82, 2.24) is 10.9 Å². The van der Waals surface area contributed by atoms with Crippen molar-refractivity contribution in [3.8, 4) is 0 Å². The maximum absolute atomic E-state index is 10.6. The van der Waals surface area contributed by atoms with E-state index in [0.29, 0.717) is 6.42 Å². The van der Waals surface area contributed by atoms with Crippen LogP contribution in [0.15, 0.2) is 0 Å². The Kier molecular flexibility index (Phi) is 6.34. The first-order valence-electron chi connectivity index (χ1n) is 3.81. The molecule has 0 saturated heterocycles. The first-order valence-corrected chi connectivity index (χ1v) is 5.21. The number of amides is 1. The fourth-order valence-electron chi connectivity index (χ4n) is 0.682. The zero-order valence-electron chi connectivity index (χ0n) is 7.66. The smallest absolute Gasteiger partial charge is 0.322 e. The van der Waals surface area contributed by atoms with Crippen LogP contribution in [0.3, 0.4) is 0 Å². The maximum atomic E-state index is 10.6. The zero-order chi connectivity index (χ0) is 10.3. The van der Waals surface area contributed by atoms with Crippen LogP contribution >= 0.6 is 11.8 Å². The molecule has 0 bridgehead atoms. The summed E-state index contributed by atoms with van der Waals surface area (Å²) in [5.41, 5.74) is 4.70. The fourth-order valence-corrected chi connectivity index (χ4v) is 1.15. The highest BCUT2D eigenvalue weighted by atomic mass is 32.2. The van der Waals surface area contributed by atoms with E-state index in [9.17, 15) is 9.59 Å². The number of carboxylic acids is 1. The van der Waals surface area contributed by atoms with E-state index in [0.717, 1.165) is 5.75 Å². The van der Waals surface area contributed by atoms with Gasteiger partial charge in [0, 0.05) is 6.92 Å². The molecule has 0 fully saturated rings. The molecule has 0 unspecified atom stereocenters. The molecule has 0 rings (SSSR count). The van der Waals surface area contributed by atoms with Crippen LogP contribution in [0, 0.1) is 0 Å². The van der Waals surface area contributed by atoms with Crippen molar-refractivity contribution >= 4 is 23.6 Å². The van der Waals surface area contributed by atoms with Gasteiger partial charge >= 0.3 is 5.97 Å². The molecule has 1 atom stereocenters. The van der Waals surface area contributed by atoms with Gasteiger partial charge < -0.3 is 5.11 Å². The van der Waals surface area contributed by atoms with E-state index in [-0.39, 0.29) is 5.91 Å². The summed E-state index contributed by atoms with van der Waals surface area (Å²) < 4.78 is 0. The molecule has 0 aliphatic carbocycles. The summed E-state index contributed by atoms with van der Waals surface area (Å²) in [5.74, 6) is -0.512. The van der Waals surface area contributed by atoms with Crippen LogP contribution in [0.2, 0.25) is 0 Å². The number of carbonyl (C=O) groups is 2. The van der Waals surface area contributed by atoms with Crippen molar-refractivity contribution in [2.45, 2.75) is 19.4 Å². The first-order chi connectivity index (χ1) is 6.07. The average molecular weight is 206 g/mol. The lowest BCUT2D eigenvalue weighted by Gasteiger charge is -2.13. The topological polar surface area (TPSA) is 78.4 Å². The molecular weight excluding hydrogens is 192 g/mol. The molecule has 76 valence electrons. The van der Waals surface area contributed by atoms with Gasteiger partial charge in [-0.25, -0.2) is 5.43 Å². The third kappa shape index (κ3) is 6.41. The van der Waals surface area contributed by atoms with Crippen LogP contribution in [-0.2, 0) is 9.59 Å². The largest absolute Gasteiger partial charge is 0.480 e. The van der Waals surface area contributed by atoms with Gasteiger partial charge in [0.25, 0.3) is 0 Å². The first kappa shape index (κ1) is 12.2. The number of thioether (sulfide) groups is 1. The molecular formula is C7H14N2O3S.